The van der Waals surface area contributed by atoms with E-state index in [1.165, 1.54) is 13.2 Å². The van der Waals surface area contributed by atoms with Crippen LogP contribution in [0.25, 0.3) is 0 Å². The van der Waals surface area contributed by atoms with E-state index in [9.17, 15) is 21.9 Å². The minimum atomic E-state index is -4.72. The van der Waals surface area contributed by atoms with Crippen molar-refractivity contribution in [2.24, 2.45) is 0 Å². The van der Waals surface area contributed by atoms with Crippen molar-refractivity contribution in [1.29, 1.82) is 0 Å². The van der Waals surface area contributed by atoms with Crippen LogP contribution in [0.1, 0.15) is 35.4 Å². The molecule has 0 amide bonds. The highest BCUT2D eigenvalue weighted by atomic mass is 32.2. The topological polar surface area (TPSA) is 123 Å². The molecule has 0 saturated carbocycles. The molecule has 1 aliphatic heterocycles. The molecule has 37 heavy (non-hydrogen) atoms. The molecule has 0 spiro atoms. The lowest BCUT2D eigenvalue weighted by molar-refractivity contribution is -0.137. The Balaban J connectivity index is 1.62. The van der Waals surface area contributed by atoms with E-state index in [0.29, 0.717) is 29.1 Å². The fraction of sp³-hybridized carbons (Fsp3) is 0.333. The number of nitrogens with one attached hydrogen (secondary N) is 4. The standard InChI is InChI=1S/C24H27F3N6O3S/c1-36-21-12-16(15-8-10-28-11-9-15)6-7-20(21)32-23-29-14-18(24(25,26)27)22(33-23)31-19-5-3-2-4-17(19)13-30-37(34)35/h2-7,12,14-15,28,30H,8-11,13H2,1H3,(H,34,35)(H2,29,31,32,33)/p-1. The maximum Gasteiger partial charge on any atom is 0.421 e. The normalized spacial score (nSPS) is 15.3. The van der Waals surface area contributed by atoms with Crippen LogP contribution in [-0.2, 0) is 24.0 Å². The van der Waals surface area contributed by atoms with Gasteiger partial charge in [-0.1, -0.05) is 24.3 Å². The van der Waals surface area contributed by atoms with Gasteiger partial charge in [0, 0.05) is 29.7 Å². The Morgan fingerprint density at radius 3 is 2.59 bits per heavy atom. The first-order valence-corrected chi connectivity index (χ1v) is 12.6. The quantitative estimate of drug-likeness (QED) is 0.299. The zero-order chi connectivity index (χ0) is 26.4. The number of hydrogen-bond acceptors (Lipinski definition) is 8. The van der Waals surface area contributed by atoms with Crippen molar-refractivity contribution in [3.63, 3.8) is 0 Å². The van der Waals surface area contributed by atoms with E-state index in [1.807, 2.05) is 12.1 Å². The van der Waals surface area contributed by atoms with Gasteiger partial charge in [-0.25, -0.2) is 9.71 Å². The van der Waals surface area contributed by atoms with E-state index in [2.05, 4.69) is 30.6 Å². The molecule has 1 aliphatic rings. The molecule has 1 unspecified atom stereocenters. The molecule has 9 nitrogen and oxygen atoms in total. The number of alkyl halides is 3. The molecule has 4 N–H and O–H groups in total. The van der Waals surface area contributed by atoms with Crippen LogP contribution >= 0.6 is 0 Å². The molecule has 198 valence electrons. The van der Waals surface area contributed by atoms with Crippen molar-refractivity contribution in [2.75, 3.05) is 30.8 Å². The smallest absolute Gasteiger partial charge is 0.421 e. The molecule has 4 rings (SSSR count). The number of rotatable bonds is 9. The molecule has 0 bridgehead atoms. The molecule has 1 atom stereocenters. The van der Waals surface area contributed by atoms with Crippen molar-refractivity contribution in [3.8, 4) is 5.75 Å². The SMILES string of the molecule is COc1cc(C2CCNCC2)ccc1Nc1ncc(C(F)(F)F)c(Nc2ccccc2CNS(=O)[O-])n1. The Morgan fingerprint density at radius 2 is 1.89 bits per heavy atom. The summed E-state index contributed by atoms with van der Waals surface area (Å²) in [5, 5.41) is 8.97. The summed E-state index contributed by atoms with van der Waals surface area (Å²) in [6.07, 6.45) is -2.01. The molecule has 0 radical (unpaired) electrons. The zero-order valence-corrected chi connectivity index (χ0v) is 20.7. The number of halogens is 3. The van der Waals surface area contributed by atoms with E-state index in [1.54, 1.807) is 24.3 Å². The van der Waals surface area contributed by atoms with Crippen LogP contribution in [0.5, 0.6) is 5.75 Å². The number of piperidine rings is 1. The molecular weight excluding hydrogens is 509 g/mol. The Labute approximate surface area is 214 Å². The highest BCUT2D eigenvalue weighted by Crippen LogP contribution is 2.37. The first kappa shape index (κ1) is 26.8. The van der Waals surface area contributed by atoms with E-state index in [0.717, 1.165) is 31.5 Å². The second kappa shape index (κ2) is 11.9. The number of aromatic nitrogens is 2. The van der Waals surface area contributed by atoms with Crippen LogP contribution in [0.15, 0.2) is 48.7 Å². The molecule has 2 aromatic carbocycles. The van der Waals surface area contributed by atoms with Gasteiger partial charge in [-0.2, -0.15) is 18.2 Å². The van der Waals surface area contributed by atoms with Crippen molar-refractivity contribution >= 4 is 34.4 Å². The molecule has 0 aliphatic carbocycles. The molecule has 1 fully saturated rings. The van der Waals surface area contributed by atoms with E-state index < -0.39 is 28.8 Å². The van der Waals surface area contributed by atoms with Crippen LogP contribution in [0.3, 0.4) is 0 Å². The average Bonchev–Trinajstić information content (AvgIpc) is 2.88. The number of ether oxygens (including phenoxy) is 1. The first-order chi connectivity index (χ1) is 17.7. The highest BCUT2D eigenvalue weighted by molar-refractivity contribution is 7.77. The summed E-state index contributed by atoms with van der Waals surface area (Å²) in [5.74, 6) is 0.373. The zero-order valence-electron chi connectivity index (χ0n) is 19.9. The van der Waals surface area contributed by atoms with Gasteiger partial charge in [0.2, 0.25) is 5.95 Å². The van der Waals surface area contributed by atoms with Gasteiger partial charge in [-0.15, -0.1) is 0 Å². The van der Waals surface area contributed by atoms with Gasteiger partial charge in [-0.3, -0.25) is 4.21 Å². The second-order valence-corrected chi connectivity index (χ2v) is 9.16. The summed E-state index contributed by atoms with van der Waals surface area (Å²) in [7, 11) is 1.52. The predicted octanol–water partition coefficient (Wildman–Crippen LogP) is 4.34. The summed E-state index contributed by atoms with van der Waals surface area (Å²) in [4.78, 5) is 7.97. The Hall–Kier alpha value is -3.26. The van der Waals surface area contributed by atoms with Crippen LogP contribution < -0.4 is 25.4 Å². The van der Waals surface area contributed by atoms with Gasteiger partial charge in [0.1, 0.15) is 17.1 Å². The van der Waals surface area contributed by atoms with Crippen LogP contribution in [0, 0.1) is 0 Å². The third kappa shape index (κ3) is 6.95. The second-order valence-electron chi connectivity index (χ2n) is 8.40. The number of benzene rings is 2. The number of anilines is 4. The third-order valence-electron chi connectivity index (χ3n) is 6.03. The van der Waals surface area contributed by atoms with Gasteiger partial charge >= 0.3 is 6.18 Å². The molecule has 3 aromatic rings. The van der Waals surface area contributed by atoms with Crippen molar-refractivity contribution < 1.29 is 26.7 Å². The monoisotopic (exact) mass is 535 g/mol. The number of methoxy groups -OCH3 is 1. The van der Waals surface area contributed by atoms with Gasteiger partial charge in [-0.05, 0) is 61.2 Å². The maximum absolute atomic E-state index is 13.7. The predicted molar refractivity (Wildman–Crippen MR) is 134 cm³/mol. The first-order valence-electron chi connectivity index (χ1n) is 11.5. The van der Waals surface area contributed by atoms with Crippen LogP contribution in [0.4, 0.5) is 36.3 Å². The number of nitrogens with zero attached hydrogens (tertiary/aromatic N) is 2. The molecule has 1 aromatic heterocycles. The van der Waals surface area contributed by atoms with Crippen molar-refractivity contribution in [1.82, 2.24) is 20.0 Å². The summed E-state index contributed by atoms with van der Waals surface area (Å²) >= 11 is -2.53. The lowest BCUT2D eigenvalue weighted by Gasteiger charge is -2.24. The third-order valence-corrected chi connectivity index (χ3v) is 6.41. The summed E-state index contributed by atoms with van der Waals surface area (Å²) in [6, 6.07) is 12.1. The summed E-state index contributed by atoms with van der Waals surface area (Å²) in [5.41, 5.74) is 1.27. The van der Waals surface area contributed by atoms with Gasteiger partial charge in [0.05, 0.1) is 12.8 Å². The fourth-order valence-electron chi connectivity index (χ4n) is 4.15. The number of hydrogen-bond donors (Lipinski definition) is 4. The Morgan fingerprint density at radius 1 is 1.14 bits per heavy atom. The summed E-state index contributed by atoms with van der Waals surface area (Å²) in [6.45, 7) is 1.77. The molecule has 1 saturated heterocycles. The van der Waals surface area contributed by atoms with Crippen molar-refractivity contribution in [2.45, 2.75) is 31.5 Å². The lowest BCUT2D eigenvalue weighted by atomic mass is 9.90. The Bertz CT molecular complexity index is 1250. The maximum atomic E-state index is 13.7. The fourth-order valence-corrected chi connectivity index (χ4v) is 4.42. The van der Waals surface area contributed by atoms with Gasteiger partial charge in [0.15, 0.2) is 0 Å². The van der Waals surface area contributed by atoms with Crippen molar-refractivity contribution in [3.05, 3.63) is 65.4 Å². The van der Waals surface area contributed by atoms with Crippen LogP contribution in [0.2, 0.25) is 0 Å². The Kier molecular flexibility index (Phi) is 8.59. The minimum Gasteiger partial charge on any atom is -0.760 e. The lowest BCUT2D eigenvalue weighted by Crippen LogP contribution is -2.26. The van der Waals surface area contributed by atoms with Crippen LogP contribution in [-0.4, -0.2) is 38.9 Å². The molecular formula is C24H26F3N6O3S-. The molecule has 13 heteroatoms. The molecule has 2 heterocycles. The average molecular weight is 536 g/mol. The van der Waals surface area contributed by atoms with Gasteiger partial charge in [0.25, 0.3) is 0 Å². The van der Waals surface area contributed by atoms with E-state index >= 15 is 0 Å². The summed E-state index contributed by atoms with van der Waals surface area (Å²) < 4.78 is 70.7. The van der Waals surface area contributed by atoms with E-state index in [4.69, 9.17) is 4.74 Å². The van der Waals surface area contributed by atoms with Gasteiger partial charge < -0.3 is 25.2 Å². The highest BCUT2D eigenvalue weighted by Gasteiger charge is 2.35. The largest absolute Gasteiger partial charge is 0.760 e. The number of para-hydroxylation sites is 1. The van der Waals surface area contributed by atoms with E-state index in [-0.39, 0.29) is 18.2 Å². The minimum absolute atomic E-state index is 0.0697.